The maximum atomic E-state index is 11.0. The van der Waals surface area contributed by atoms with Crippen molar-refractivity contribution in [3.8, 4) is 0 Å². The molecule has 0 unspecified atom stereocenters. The van der Waals surface area contributed by atoms with Crippen molar-refractivity contribution in [2.45, 2.75) is 6.42 Å². The molecule has 1 heterocycles. The summed E-state index contributed by atoms with van der Waals surface area (Å²) in [6.45, 7) is 5.58. The van der Waals surface area contributed by atoms with Crippen molar-refractivity contribution < 1.29 is 23.7 Å². The predicted molar refractivity (Wildman–Crippen MR) is 80.7 cm³/mol. The van der Waals surface area contributed by atoms with E-state index in [1.165, 1.54) is 0 Å². The number of hydrogen-bond acceptors (Lipinski definition) is 5. The van der Waals surface area contributed by atoms with Crippen LogP contribution < -0.4 is 0 Å². The fraction of sp³-hybridized carbons (Fsp3) is 0.929. The van der Waals surface area contributed by atoms with Crippen LogP contribution in [0.5, 0.6) is 0 Å². The summed E-state index contributed by atoms with van der Waals surface area (Å²) in [7, 11) is 6.97. The van der Waals surface area contributed by atoms with E-state index >= 15 is 0 Å². The highest BCUT2D eigenvalue weighted by Gasteiger charge is 2.17. The van der Waals surface area contributed by atoms with E-state index in [0.717, 1.165) is 19.5 Å². The van der Waals surface area contributed by atoms with E-state index in [2.05, 4.69) is 0 Å². The second-order valence-corrected chi connectivity index (χ2v) is 4.69. The number of carbonyl (C=O) groups is 1. The number of ether oxygens (including phenoxy) is 4. The van der Waals surface area contributed by atoms with Gasteiger partial charge in [0.2, 0.25) is 0 Å². The van der Waals surface area contributed by atoms with Crippen molar-refractivity contribution in [2.24, 2.45) is 0 Å². The van der Waals surface area contributed by atoms with E-state index in [1.807, 2.05) is 14.1 Å². The van der Waals surface area contributed by atoms with Crippen molar-refractivity contribution in [1.82, 2.24) is 9.80 Å². The molecule has 0 spiro atoms. The molecule has 0 bridgehead atoms. The van der Waals surface area contributed by atoms with E-state index in [1.54, 1.807) is 24.0 Å². The summed E-state index contributed by atoms with van der Waals surface area (Å²) in [6.07, 6.45) is 1.10. The summed E-state index contributed by atoms with van der Waals surface area (Å²) in [4.78, 5) is 14.5. The Hall–Kier alpha value is -0.890. The second-order valence-electron chi connectivity index (χ2n) is 4.69. The van der Waals surface area contributed by atoms with Crippen LogP contribution in [0.2, 0.25) is 0 Å². The van der Waals surface area contributed by atoms with Crippen LogP contribution in [0.15, 0.2) is 0 Å². The van der Waals surface area contributed by atoms with Gasteiger partial charge in [0.05, 0.1) is 39.6 Å². The summed E-state index contributed by atoms with van der Waals surface area (Å²) >= 11 is 0. The molecule has 126 valence electrons. The van der Waals surface area contributed by atoms with Gasteiger partial charge >= 0.3 is 6.03 Å². The maximum absolute atomic E-state index is 11.0. The Balaban J connectivity index is 0.000000394. The van der Waals surface area contributed by atoms with Gasteiger partial charge in [-0.15, -0.1) is 0 Å². The highest BCUT2D eigenvalue weighted by molar-refractivity contribution is 5.74. The van der Waals surface area contributed by atoms with Gasteiger partial charge in [0.25, 0.3) is 0 Å². The molecule has 0 aromatic carbocycles. The lowest BCUT2D eigenvalue weighted by molar-refractivity contribution is 0.0106. The van der Waals surface area contributed by atoms with E-state index in [9.17, 15) is 4.79 Å². The van der Waals surface area contributed by atoms with Crippen molar-refractivity contribution in [3.63, 3.8) is 0 Å². The van der Waals surface area contributed by atoms with E-state index in [-0.39, 0.29) is 6.03 Å². The van der Waals surface area contributed by atoms with Crippen molar-refractivity contribution in [1.29, 1.82) is 0 Å². The molecule has 1 saturated heterocycles. The number of urea groups is 1. The second kappa shape index (κ2) is 14.1. The van der Waals surface area contributed by atoms with Crippen LogP contribution in [0.3, 0.4) is 0 Å². The standard InChI is InChI=1S/C8H18O4.C6H12N2O/c1-9-3-5-11-7-8-12-6-4-10-2;1-7-4-3-5-8(2)6(7)9/h3-8H2,1-2H3;3-5H2,1-2H3. The van der Waals surface area contributed by atoms with Gasteiger partial charge in [-0.1, -0.05) is 0 Å². The first-order valence-electron chi connectivity index (χ1n) is 7.23. The molecule has 0 aromatic heterocycles. The predicted octanol–water partition coefficient (Wildman–Crippen LogP) is 0.686. The van der Waals surface area contributed by atoms with Crippen LogP contribution in [0.25, 0.3) is 0 Å². The average Bonchev–Trinajstić information content (AvgIpc) is 2.48. The van der Waals surface area contributed by atoms with Crippen LogP contribution >= 0.6 is 0 Å². The first-order chi connectivity index (χ1) is 10.1. The van der Waals surface area contributed by atoms with Gasteiger partial charge in [-0.05, 0) is 6.42 Å². The van der Waals surface area contributed by atoms with Crippen LogP contribution in [0.4, 0.5) is 4.79 Å². The fourth-order valence-corrected chi connectivity index (χ4v) is 1.63. The van der Waals surface area contributed by atoms with Crippen LogP contribution in [0, 0.1) is 0 Å². The molecule has 1 aliphatic heterocycles. The highest BCUT2D eigenvalue weighted by Crippen LogP contribution is 2.02. The molecule has 0 saturated carbocycles. The van der Waals surface area contributed by atoms with Gasteiger partial charge in [0.1, 0.15) is 0 Å². The Bertz CT molecular complexity index is 232. The molecule has 0 radical (unpaired) electrons. The van der Waals surface area contributed by atoms with Gasteiger partial charge in [0.15, 0.2) is 0 Å². The molecule has 21 heavy (non-hydrogen) atoms. The Morgan fingerprint density at radius 2 is 1.19 bits per heavy atom. The highest BCUT2D eigenvalue weighted by atomic mass is 16.5. The molecule has 0 aliphatic carbocycles. The quantitative estimate of drug-likeness (QED) is 0.587. The smallest absolute Gasteiger partial charge is 0.319 e. The van der Waals surface area contributed by atoms with E-state index < -0.39 is 0 Å². The third-order valence-electron chi connectivity index (χ3n) is 2.88. The molecule has 1 aliphatic rings. The minimum Gasteiger partial charge on any atom is -0.382 e. The Labute approximate surface area is 128 Å². The van der Waals surface area contributed by atoms with Crippen LogP contribution in [-0.4, -0.2) is 96.9 Å². The Morgan fingerprint density at radius 1 is 0.810 bits per heavy atom. The molecular formula is C14H30N2O5. The maximum Gasteiger partial charge on any atom is 0.319 e. The number of hydrogen-bond donors (Lipinski definition) is 0. The third-order valence-corrected chi connectivity index (χ3v) is 2.88. The van der Waals surface area contributed by atoms with Gasteiger partial charge in [-0.2, -0.15) is 0 Å². The minimum atomic E-state index is 0.140. The average molecular weight is 306 g/mol. The van der Waals surface area contributed by atoms with Crippen molar-refractivity contribution in [3.05, 3.63) is 0 Å². The monoisotopic (exact) mass is 306 g/mol. The first-order valence-corrected chi connectivity index (χ1v) is 7.23. The topological polar surface area (TPSA) is 60.5 Å². The molecule has 1 rings (SSSR count). The third kappa shape index (κ3) is 11.4. The zero-order chi connectivity index (χ0) is 15.9. The van der Waals surface area contributed by atoms with Crippen molar-refractivity contribution >= 4 is 6.03 Å². The zero-order valence-electron chi connectivity index (χ0n) is 13.8. The summed E-state index contributed by atoms with van der Waals surface area (Å²) < 4.78 is 19.9. The van der Waals surface area contributed by atoms with Gasteiger partial charge in [-0.25, -0.2) is 4.79 Å². The fourth-order valence-electron chi connectivity index (χ4n) is 1.63. The van der Waals surface area contributed by atoms with Gasteiger partial charge in [-0.3, -0.25) is 0 Å². The molecule has 7 heteroatoms. The summed E-state index contributed by atoms with van der Waals surface area (Å²) in [6, 6.07) is 0.140. The van der Waals surface area contributed by atoms with Crippen LogP contribution in [-0.2, 0) is 18.9 Å². The molecule has 2 amide bonds. The largest absolute Gasteiger partial charge is 0.382 e. The molecule has 7 nitrogen and oxygen atoms in total. The normalized spacial score (nSPS) is 15.0. The van der Waals surface area contributed by atoms with Crippen LogP contribution in [0.1, 0.15) is 6.42 Å². The zero-order valence-corrected chi connectivity index (χ0v) is 13.8. The molecule has 0 aromatic rings. The molecule has 1 fully saturated rings. The summed E-state index contributed by atoms with van der Waals surface area (Å²) in [5, 5.41) is 0. The summed E-state index contributed by atoms with van der Waals surface area (Å²) in [5.74, 6) is 0. The SMILES string of the molecule is CN1CCCN(C)C1=O.COCCOCCOCCOC. The number of carbonyl (C=O) groups excluding carboxylic acids is 1. The minimum absolute atomic E-state index is 0.140. The van der Waals surface area contributed by atoms with E-state index in [0.29, 0.717) is 39.6 Å². The Morgan fingerprint density at radius 3 is 1.52 bits per heavy atom. The Kier molecular flexibility index (Phi) is 13.5. The number of amides is 2. The molecular weight excluding hydrogens is 276 g/mol. The number of rotatable bonds is 9. The summed E-state index contributed by atoms with van der Waals surface area (Å²) in [5.41, 5.74) is 0. The van der Waals surface area contributed by atoms with Gasteiger partial charge in [0, 0.05) is 41.4 Å². The first kappa shape index (κ1) is 20.1. The molecule has 0 N–H and O–H groups in total. The number of methoxy groups -OCH3 is 2. The molecule has 0 atom stereocenters. The van der Waals surface area contributed by atoms with Crippen molar-refractivity contribution in [2.75, 3.05) is 81.0 Å². The van der Waals surface area contributed by atoms with E-state index in [4.69, 9.17) is 18.9 Å². The number of nitrogens with zero attached hydrogens (tertiary/aromatic N) is 2. The lowest BCUT2D eigenvalue weighted by Crippen LogP contribution is -2.44. The lowest BCUT2D eigenvalue weighted by Gasteiger charge is -2.30. The van der Waals surface area contributed by atoms with Gasteiger partial charge < -0.3 is 28.7 Å². The lowest BCUT2D eigenvalue weighted by atomic mass is 10.3.